The first kappa shape index (κ1) is 27.1. The van der Waals surface area contributed by atoms with Gasteiger partial charge in [-0.3, -0.25) is 9.89 Å². The van der Waals surface area contributed by atoms with Crippen molar-refractivity contribution < 1.29 is 8.42 Å². The molecule has 1 saturated heterocycles. The van der Waals surface area contributed by atoms with E-state index in [0.717, 1.165) is 39.0 Å². The predicted molar refractivity (Wildman–Crippen MR) is 136 cm³/mol. The Labute approximate surface area is 199 Å². The van der Waals surface area contributed by atoms with Crippen LogP contribution in [0.3, 0.4) is 0 Å². The molecule has 7 nitrogen and oxygen atoms in total. The minimum atomic E-state index is -3.25. The Morgan fingerprint density at radius 3 is 2.53 bits per heavy atom. The Balaban J connectivity index is 0.00000450. The van der Waals surface area contributed by atoms with Gasteiger partial charge in [0.2, 0.25) is 10.0 Å². The van der Waals surface area contributed by atoms with E-state index in [4.69, 9.17) is 0 Å². The lowest BCUT2D eigenvalue weighted by molar-refractivity contribution is 0.192. The maximum Gasteiger partial charge on any atom is 0.215 e. The molecule has 0 radical (unpaired) electrons. The van der Waals surface area contributed by atoms with Gasteiger partial charge < -0.3 is 10.6 Å². The van der Waals surface area contributed by atoms with Gasteiger partial charge in [-0.05, 0) is 31.9 Å². The van der Waals surface area contributed by atoms with Crippen LogP contribution in [0.15, 0.2) is 35.3 Å². The summed E-state index contributed by atoms with van der Waals surface area (Å²) in [6.45, 7) is 10.8. The van der Waals surface area contributed by atoms with Gasteiger partial charge in [0.1, 0.15) is 0 Å². The van der Waals surface area contributed by atoms with Gasteiger partial charge >= 0.3 is 0 Å². The van der Waals surface area contributed by atoms with Crippen LogP contribution < -0.4 is 10.6 Å². The van der Waals surface area contributed by atoms with Crippen LogP contribution in [-0.2, 0) is 16.6 Å². The summed E-state index contributed by atoms with van der Waals surface area (Å²) in [5.74, 6) is 0.740. The molecule has 1 aromatic rings. The topological polar surface area (TPSA) is 77.0 Å². The van der Waals surface area contributed by atoms with Crippen molar-refractivity contribution in [1.82, 2.24) is 19.8 Å². The maximum atomic E-state index is 12.3. The second kappa shape index (κ2) is 14.2. The lowest BCUT2D eigenvalue weighted by atomic mass is 10.0. The summed E-state index contributed by atoms with van der Waals surface area (Å²) in [7, 11) is -3.25. The Kier molecular flexibility index (Phi) is 12.8. The van der Waals surface area contributed by atoms with E-state index < -0.39 is 10.0 Å². The molecular formula is C21H38IN5O2S. The molecule has 1 aliphatic rings. The molecule has 1 fully saturated rings. The first-order valence-corrected chi connectivity index (χ1v) is 12.4. The van der Waals surface area contributed by atoms with Gasteiger partial charge in [-0.25, -0.2) is 12.7 Å². The van der Waals surface area contributed by atoms with E-state index in [-0.39, 0.29) is 36.3 Å². The molecule has 30 heavy (non-hydrogen) atoms. The third-order valence-electron chi connectivity index (χ3n) is 5.16. The average molecular weight is 552 g/mol. The van der Waals surface area contributed by atoms with E-state index in [1.54, 1.807) is 0 Å². The number of halogens is 1. The lowest BCUT2D eigenvalue weighted by Crippen LogP contribution is -2.51. The van der Waals surface area contributed by atoms with Gasteiger partial charge in [-0.15, -0.1) is 24.0 Å². The molecule has 1 aromatic carbocycles. The van der Waals surface area contributed by atoms with Crippen molar-refractivity contribution in [2.45, 2.75) is 46.2 Å². The van der Waals surface area contributed by atoms with Crippen molar-refractivity contribution in [3.8, 4) is 0 Å². The molecule has 0 amide bonds. The highest BCUT2D eigenvalue weighted by Crippen LogP contribution is 2.13. The zero-order chi connectivity index (χ0) is 21.1. The number of guanidine groups is 1. The highest BCUT2D eigenvalue weighted by Gasteiger charge is 2.21. The number of piperidine rings is 1. The first-order valence-electron chi connectivity index (χ1n) is 10.8. The molecule has 0 aliphatic carbocycles. The fraction of sp³-hybridized carbons (Fsp3) is 0.667. The largest absolute Gasteiger partial charge is 0.357 e. The first-order chi connectivity index (χ1) is 14.0. The monoisotopic (exact) mass is 551 g/mol. The molecule has 1 heterocycles. The number of hydrogen-bond donors (Lipinski definition) is 2. The zero-order valence-corrected chi connectivity index (χ0v) is 21.7. The minimum Gasteiger partial charge on any atom is -0.357 e. The Bertz CT molecular complexity index is 726. The van der Waals surface area contributed by atoms with Crippen LogP contribution in [0, 0.1) is 0 Å². The standard InChI is InChI=1S/C21H37N5O2S.HI/c1-4-22-21(23-14-16-29(27,28)26(5-2)6-3)24-20-13-10-15-25(18-20)17-19-11-8-7-9-12-19;/h7-9,11-12,20H,4-6,10,13-18H2,1-3H3,(H2,22,23,24);1H. The normalized spacial score (nSPS) is 18.1. The molecule has 1 aliphatic heterocycles. The summed E-state index contributed by atoms with van der Waals surface area (Å²) in [6, 6.07) is 10.8. The number of sulfonamides is 1. The molecule has 1 unspecified atom stereocenters. The fourth-order valence-electron chi connectivity index (χ4n) is 3.69. The Morgan fingerprint density at radius 2 is 1.90 bits per heavy atom. The van der Waals surface area contributed by atoms with E-state index >= 15 is 0 Å². The summed E-state index contributed by atoms with van der Waals surface area (Å²) in [5, 5.41) is 6.75. The molecule has 2 rings (SSSR count). The van der Waals surface area contributed by atoms with Crippen molar-refractivity contribution in [3.63, 3.8) is 0 Å². The number of rotatable bonds is 10. The smallest absolute Gasteiger partial charge is 0.215 e. The summed E-state index contributed by atoms with van der Waals surface area (Å²) in [6.07, 6.45) is 2.23. The van der Waals surface area contributed by atoms with Crippen LogP contribution in [0.4, 0.5) is 0 Å². The van der Waals surface area contributed by atoms with Gasteiger partial charge in [0.15, 0.2) is 5.96 Å². The predicted octanol–water partition coefficient (Wildman–Crippen LogP) is 2.50. The Morgan fingerprint density at radius 1 is 1.20 bits per heavy atom. The van der Waals surface area contributed by atoms with Gasteiger partial charge in [0, 0.05) is 38.8 Å². The van der Waals surface area contributed by atoms with Crippen LogP contribution >= 0.6 is 24.0 Å². The van der Waals surface area contributed by atoms with E-state index in [1.807, 2.05) is 26.8 Å². The van der Waals surface area contributed by atoms with E-state index in [9.17, 15) is 8.42 Å². The molecular weight excluding hydrogens is 513 g/mol. The number of benzene rings is 1. The molecule has 172 valence electrons. The van der Waals surface area contributed by atoms with E-state index in [1.165, 1.54) is 9.87 Å². The number of likely N-dealkylation sites (tertiary alicyclic amines) is 1. The van der Waals surface area contributed by atoms with Crippen LogP contribution in [0.2, 0.25) is 0 Å². The SMILES string of the molecule is CCNC(=NCCS(=O)(=O)N(CC)CC)NC1CCCN(Cc2ccccc2)C1.I. The van der Waals surface area contributed by atoms with Crippen LogP contribution in [0.1, 0.15) is 39.2 Å². The number of nitrogens with zero attached hydrogens (tertiary/aromatic N) is 3. The summed E-state index contributed by atoms with van der Waals surface area (Å²) < 4.78 is 26.2. The van der Waals surface area contributed by atoms with E-state index in [2.05, 4.69) is 44.8 Å². The maximum absolute atomic E-state index is 12.3. The van der Waals surface area contributed by atoms with Gasteiger partial charge in [-0.1, -0.05) is 44.2 Å². The van der Waals surface area contributed by atoms with Crippen molar-refractivity contribution >= 4 is 40.0 Å². The average Bonchev–Trinajstić information content (AvgIpc) is 2.70. The number of nitrogens with one attached hydrogen (secondary N) is 2. The van der Waals surface area contributed by atoms with Crippen LogP contribution in [-0.4, -0.2) is 74.6 Å². The molecule has 0 aromatic heterocycles. The van der Waals surface area contributed by atoms with E-state index in [0.29, 0.717) is 25.1 Å². The second-order valence-electron chi connectivity index (χ2n) is 7.37. The minimum absolute atomic E-state index is 0. The van der Waals surface area contributed by atoms with Crippen molar-refractivity contribution in [2.75, 3.05) is 45.0 Å². The molecule has 1 atom stereocenters. The third kappa shape index (κ3) is 9.07. The number of hydrogen-bond acceptors (Lipinski definition) is 4. The lowest BCUT2D eigenvalue weighted by Gasteiger charge is -2.34. The molecule has 0 spiro atoms. The highest BCUT2D eigenvalue weighted by molar-refractivity contribution is 14.0. The van der Waals surface area contributed by atoms with Gasteiger partial charge in [-0.2, -0.15) is 0 Å². The van der Waals surface area contributed by atoms with Gasteiger partial charge in [0.05, 0.1) is 12.3 Å². The fourth-order valence-corrected chi connectivity index (χ4v) is 5.06. The zero-order valence-electron chi connectivity index (χ0n) is 18.5. The van der Waals surface area contributed by atoms with Crippen molar-refractivity contribution in [2.24, 2.45) is 4.99 Å². The summed E-state index contributed by atoms with van der Waals surface area (Å²) in [5.41, 5.74) is 1.33. The van der Waals surface area contributed by atoms with Gasteiger partial charge in [0.25, 0.3) is 0 Å². The van der Waals surface area contributed by atoms with Crippen LogP contribution in [0.5, 0.6) is 0 Å². The van der Waals surface area contributed by atoms with Crippen molar-refractivity contribution in [3.05, 3.63) is 35.9 Å². The third-order valence-corrected chi connectivity index (χ3v) is 7.16. The molecule has 0 bridgehead atoms. The molecule has 0 saturated carbocycles. The Hall–Kier alpha value is -0.910. The molecule has 2 N–H and O–H groups in total. The highest BCUT2D eigenvalue weighted by atomic mass is 127. The summed E-state index contributed by atoms with van der Waals surface area (Å²) in [4.78, 5) is 6.99. The van der Waals surface area contributed by atoms with Crippen molar-refractivity contribution in [1.29, 1.82) is 0 Å². The second-order valence-corrected chi connectivity index (χ2v) is 9.45. The van der Waals surface area contributed by atoms with Crippen LogP contribution in [0.25, 0.3) is 0 Å². The molecule has 9 heteroatoms. The quantitative estimate of drug-likeness (QED) is 0.266. The number of aliphatic imine (C=N–C) groups is 1. The summed E-state index contributed by atoms with van der Waals surface area (Å²) >= 11 is 0.